The number of aryl methyl sites for hydroxylation is 1. The van der Waals surface area contributed by atoms with E-state index in [4.69, 9.17) is 9.47 Å². The van der Waals surface area contributed by atoms with Gasteiger partial charge >= 0.3 is 5.97 Å². The van der Waals surface area contributed by atoms with E-state index in [1.54, 1.807) is 0 Å². The molecule has 0 saturated carbocycles. The molecule has 6 heteroatoms. The first kappa shape index (κ1) is 28.6. The maximum Gasteiger partial charge on any atom is 0.305 e. The van der Waals surface area contributed by atoms with Gasteiger partial charge in [0.05, 0.1) is 13.5 Å². The van der Waals surface area contributed by atoms with E-state index in [2.05, 4.69) is 65.4 Å². The van der Waals surface area contributed by atoms with Crippen LogP contribution in [-0.2, 0) is 27.3 Å². The monoisotopic (exact) mass is 558 g/mol. The van der Waals surface area contributed by atoms with Gasteiger partial charge in [0.15, 0.2) is 6.61 Å². The number of alkyl halides is 2. The van der Waals surface area contributed by atoms with Crippen LogP contribution in [0.25, 0.3) is 0 Å². The molecule has 2 aliphatic rings. The highest BCUT2D eigenvalue weighted by Crippen LogP contribution is 2.49. The molecule has 214 valence electrons. The van der Waals surface area contributed by atoms with Crippen molar-refractivity contribution in [2.75, 3.05) is 13.7 Å². The van der Waals surface area contributed by atoms with Gasteiger partial charge in [-0.1, -0.05) is 72.8 Å². The minimum atomic E-state index is -3.11. The number of hydrogen-bond donors (Lipinski definition) is 0. The lowest BCUT2D eigenvalue weighted by Crippen LogP contribution is -2.27. The van der Waals surface area contributed by atoms with Gasteiger partial charge in [-0.3, -0.25) is 4.79 Å². The first-order valence-corrected chi connectivity index (χ1v) is 14.2. The van der Waals surface area contributed by atoms with Crippen molar-refractivity contribution >= 4 is 5.97 Å². The molecule has 0 N–H and O–H groups in total. The third kappa shape index (κ3) is 7.43. The molecule has 3 atom stereocenters. The molecule has 3 aromatic carbocycles. The zero-order valence-corrected chi connectivity index (χ0v) is 23.3. The number of allylic oxidation sites excluding steroid dienone is 3. The summed E-state index contributed by atoms with van der Waals surface area (Å²) in [5, 5.41) is 0. The molecule has 5 rings (SSSR count). The minimum Gasteiger partial charge on any atom is -0.489 e. The Kier molecular flexibility index (Phi) is 9.17. The number of fused-ring (bicyclic) bond motifs is 1. The zero-order valence-electron chi connectivity index (χ0n) is 23.3. The summed E-state index contributed by atoms with van der Waals surface area (Å²) in [5.74, 6) is -1.68. The number of rotatable bonds is 11. The topological polar surface area (TPSA) is 44.8 Å². The maximum absolute atomic E-state index is 14.2. The lowest BCUT2D eigenvalue weighted by molar-refractivity contribution is -0.143. The molecule has 0 amide bonds. The fourth-order valence-corrected chi connectivity index (χ4v) is 5.90. The van der Waals surface area contributed by atoms with E-state index in [-0.39, 0.29) is 18.3 Å². The molecule has 3 unspecified atom stereocenters. The van der Waals surface area contributed by atoms with E-state index in [1.165, 1.54) is 23.8 Å². The Bertz CT molecular complexity index is 1370. The summed E-state index contributed by atoms with van der Waals surface area (Å²) >= 11 is 0. The fourth-order valence-electron chi connectivity index (χ4n) is 5.90. The third-order valence-corrected chi connectivity index (χ3v) is 8.04. The Morgan fingerprint density at radius 1 is 0.976 bits per heavy atom. The number of benzene rings is 3. The molecule has 0 bridgehead atoms. The van der Waals surface area contributed by atoms with Crippen molar-refractivity contribution in [3.8, 4) is 5.75 Å². The van der Waals surface area contributed by atoms with E-state index in [9.17, 15) is 13.6 Å². The highest BCUT2D eigenvalue weighted by molar-refractivity contribution is 5.69. The van der Waals surface area contributed by atoms with Crippen LogP contribution in [0, 0.1) is 5.92 Å². The standard InChI is InChI=1S/C35H36F2O4/c1-39-33(38)20-21-35(36,37)24-41-29-15-12-27(13-16-29)34-31(26-10-6-3-7-11-26)18-14-28-22-30(17-19-32(28)34)40-23-25-8-4-2-5-9-25/h2-12,15-17,19,22,27,31,34H,13-14,18,20-21,23-24H2,1H3. The van der Waals surface area contributed by atoms with Crippen LogP contribution in [0.15, 0.2) is 103 Å². The first-order chi connectivity index (χ1) is 19.9. The summed E-state index contributed by atoms with van der Waals surface area (Å²) < 4.78 is 44.5. The highest BCUT2D eigenvalue weighted by Gasteiger charge is 2.36. The number of halogens is 2. The van der Waals surface area contributed by atoms with Crippen LogP contribution in [0.4, 0.5) is 8.78 Å². The van der Waals surface area contributed by atoms with E-state index in [0.717, 1.165) is 24.2 Å². The fraction of sp³-hybridized carbons (Fsp3) is 0.343. The van der Waals surface area contributed by atoms with Crippen LogP contribution < -0.4 is 4.74 Å². The molecular weight excluding hydrogens is 522 g/mol. The van der Waals surface area contributed by atoms with E-state index in [0.29, 0.717) is 24.7 Å². The Labute approximate surface area is 240 Å². The molecular formula is C35H36F2O4. The molecule has 0 aliphatic heterocycles. The minimum absolute atomic E-state index is 0.197. The molecule has 0 fully saturated rings. The second-order valence-electron chi connectivity index (χ2n) is 10.8. The molecule has 0 aromatic heterocycles. The second-order valence-corrected chi connectivity index (χ2v) is 10.8. The van der Waals surface area contributed by atoms with E-state index in [1.807, 2.05) is 36.4 Å². The SMILES string of the molecule is COC(=O)CCC(F)(F)COC1=CCC(C2c3ccc(OCc4ccccc4)cc3CCC2c2ccccc2)C=C1. The number of esters is 1. The molecule has 0 radical (unpaired) electrons. The molecule has 3 aromatic rings. The number of hydrogen-bond acceptors (Lipinski definition) is 4. The molecule has 41 heavy (non-hydrogen) atoms. The van der Waals surface area contributed by atoms with Crippen molar-refractivity contribution in [2.45, 2.75) is 56.5 Å². The summed E-state index contributed by atoms with van der Waals surface area (Å²) in [7, 11) is 1.19. The van der Waals surface area contributed by atoms with Crippen molar-refractivity contribution in [1.82, 2.24) is 0 Å². The lowest BCUT2D eigenvalue weighted by Gasteiger charge is -2.39. The van der Waals surface area contributed by atoms with Crippen molar-refractivity contribution in [2.24, 2.45) is 5.92 Å². The quantitative estimate of drug-likeness (QED) is 0.223. The van der Waals surface area contributed by atoms with Gasteiger partial charge in [-0.2, -0.15) is 0 Å². The summed E-state index contributed by atoms with van der Waals surface area (Å²) in [4.78, 5) is 11.3. The van der Waals surface area contributed by atoms with Crippen molar-refractivity contribution in [3.63, 3.8) is 0 Å². The summed E-state index contributed by atoms with van der Waals surface area (Å²) in [5.41, 5.74) is 5.07. The van der Waals surface area contributed by atoms with Gasteiger partial charge in [0.2, 0.25) is 0 Å². The largest absolute Gasteiger partial charge is 0.489 e. The molecule has 2 aliphatic carbocycles. The molecule has 0 heterocycles. The smallest absolute Gasteiger partial charge is 0.305 e. The van der Waals surface area contributed by atoms with Crippen LogP contribution in [0.2, 0.25) is 0 Å². The van der Waals surface area contributed by atoms with Crippen LogP contribution in [-0.4, -0.2) is 25.6 Å². The second kappa shape index (κ2) is 13.2. The zero-order chi connectivity index (χ0) is 28.7. The lowest BCUT2D eigenvalue weighted by atomic mass is 9.65. The predicted molar refractivity (Wildman–Crippen MR) is 155 cm³/mol. The Balaban J connectivity index is 1.30. The average Bonchev–Trinajstić information content (AvgIpc) is 3.02. The molecule has 0 spiro atoms. The van der Waals surface area contributed by atoms with Crippen LogP contribution >= 0.6 is 0 Å². The van der Waals surface area contributed by atoms with Crippen molar-refractivity contribution in [1.29, 1.82) is 0 Å². The average molecular weight is 559 g/mol. The van der Waals surface area contributed by atoms with Crippen LogP contribution in [0.3, 0.4) is 0 Å². The first-order valence-electron chi connectivity index (χ1n) is 14.2. The van der Waals surface area contributed by atoms with Crippen LogP contribution in [0.1, 0.15) is 59.8 Å². The molecule has 4 nitrogen and oxygen atoms in total. The normalized spacial score (nSPS) is 20.1. The van der Waals surface area contributed by atoms with E-state index < -0.39 is 24.9 Å². The van der Waals surface area contributed by atoms with Gasteiger partial charge in [-0.15, -0.1) is 0 Å². The van der Waals surface area contributed by atoms with E-state index >= 15 is 0 Å². The Morgan fingerprint density at radius 2 is 1.73 bits per heavy atom. The maximum atomic E-state index is 14.2. The van der Waals surface area contributed by atoms with Gasteiger partial charge in [0.1, 0.15) is 18.1 Å². The predicted octanol–water partition coefficient (Wildman–Crippen LogP) is 8.14. The highest BCUT2D eigenvalue weighted by atomic mass is 19.3. The number of carbonyl (C=O) groups excluding carboxylic acids is 1. The van der Waals surface area contributed by atoms with Gasteiger partial charge in [0.25, 0.3) is 5.92 Å². The van der Waals surface area contributed by atoms with Crippen molar-refractivity contribution < 1.29 is 27.8 Å². The Morgan fingerprint density at radius 3 is 2.44 bits per heavy atom. The third-order valence-electron chi connectivity index (χ3n) is 8.04. The van der Waals surface area contributed by atoms with Gasteiger partial charge in [-0.05, 0) is 83.6 Å². The summed E-state index contributed by atoms with van der Waals surface area (Å²) in [6, 6.07) is 27.2. The number of carbonyl (C=O) groups is 1. The summed E-state index contributed by atoms with van der Waals surface area (Å²) in [6.07, 6.45) is 7.57. The summed E-state index contributed by atoms with van der Waals surface area (Å²) in [6.45, 7) is -0.244. The number of methoxy groups -OCH3 is 1. The van der Waals surface area contributed by atoms with Gasteiger partial charge in [-0.25, -0.2) is 8.78 Å². The van der Waals surface area contributed by atoms with Gasteiger partial charge < -0.3 is 14.2 Å². The van der Waals surface area contributed by atoms with Crippen molar-refractivity contribution in [3.05, 3.63) is 125 Å². The Hall–Kier alpha value is -3.93. The van der Waals surface area contributed by atoms with Crippen LogP contribution in [0.5, 0.6) is 5.75 Å². The molecule has 0 saturated heterocycles. The van der Waals surface area contributed by atoms with Gasteiger partial charge in [0, 0.05) is 6.42 Å². The number of ether oxygens (including phenoxy) is 3.